The standard InChI is InChI=1S/C24H31ClN4O2/c1-3-20(30)15-23-22(26)6-7-24(31)29(23)13-12-28-10-8-19(9-11-28)27-16-18-4-5-21(25)17(2)14-18/h3-7,14-15,19,27,30H,1,8-13,16,26H2,2H3/b20-15+. The molecule has 1 aliphatic heterocycles. The Hall–Kier alpha value is -2.54. The zero-order chi connectivity index (χ0) is 22.4. The third-order valence-electron chi connectivity index (χ3n) is 5.80. The molecule has 0 aliphatic carbocycles. The maximum absolute atomic E-state index is 12.4. The molecule has 2 aromatic rings. The summed E-state index contributed by atoms with van der Waals surface area (Å²) in [7, 11) is 0. The van der Waals surface area contributed by atoms with E-state index in [4.69, 9.17) is 17.3 Å². The van der Waals surface area contributed by atoms with Gasteiger partial charge in [-0.05, 0) is 62.2 Å². The number of halogens is 1. The van der Waals surface area contributed by atoms with Gasteiger partial charge < -0.3 is 25.6 Å². The molecule has 1 fully saturated rings. The molecule has 0 radical (unpaired) electrons. The summed E-state index contributed by atoms with van der Waals surface area (Å²) < 4.78 is 1.61. The van der Waals surface area contributed by atoms with Crippen molar-refractivity contribution >= 4 is 23.4 Å². The number of likely N-dealkylation sites (tertiary alicyclic amines) is 1. The zero-order valence-corrected chi connectivity index (χ0v) is 18.7. The highest BCUT2D eigenvalue weighted by Crippen LogP contribution is 2.18. The van der Waals surface area contributed by atoms with Gasteiger partial charge in [0.15, 0.2) is 0 Å². The van der Waals surface area contributed by atoms with Crippen LogP contribution < -0.4 is 16.6 Å². The highest BCUT2D eigenvalue weighted by Gasteiger charge is 2.19. The van der Waals surface area contributed by atoms with Crippen LogP contribution in [0.1, 0.15) is 29.7 Å². The van der Waals surface area contributed by atoms with E-state index < -0.39 is 0 Å². The molecular weight excluding hydrogens is 412 g/mol. The van der Waals surface area contributed by atoms with E-state index in [1.165, 1.54) is 23.8 Å². The number of allylic oxidation sites excluding steroid dienone is 1. The molecule has 0 spiro atoms. The molecule has 31 heavy (non-hydrogen) atoms. The molecule has 166 valence electrons. The zero-order valence-electron chi connectivity index (χ0n) is 18.0. The molecule has 4 N–H and O–H groups in total. The summed E-state index contributed by atoms with van der Waals surface area (Å²) in [4.78, 5) is 14.7. The number of anilines is 1. The van der Waals surface area contributed by atoms with Gasteiger partial charge in [-0.3, -0.25) is 4.79 Å². The van der Waals surface area contributed by atoms with Crippen LogP contribution >= 0.6 is 11.6 Å². The number of hydrogen-bond acceptors (Lipinski definition) is 5. The Labute approximate surface area is 188 Å². The second-order valence-electron chi connectivity index (χ2n) is 8.02. The number of rotatable bonds is 8. The number of nitrogens with two attached hydrogens (primary N) is 1. The molecular formula is C24H31ClN4O2. The van der Waals surface area contributed by atoms with Gasteiger partial charge in [-0.15, -0.1) is 0 Å². The second-order valence-corrected chi connectivity index (χ2v) is 8.42. The number of piperidine rings is 1. The molecule has 0 bridgehead atoms. The van der Waals surface area contributed by atoms with Gasteiger partial charge in [0.05, 0.1) is 11.4 Å². The highest BCUT2D eigenvalue weighted by molar-refractivity contribution is 6.31. The van der Waals surface area contributed by atoms with Crippen LogP contribution in [0.15, 0.2) is 53.5 Å². The topological polar surface area (TPSA) is 83.5 Å². The first-order valence-corrected chi connectivity index (χ1v) is 11.0. The smallest absolute Gasteiger partial charge is 0.251 e. The summed E-state index contributed by atoms with van der Waals surface area (Å²) in [6.07, 6.45) is 4.92. The first kappa shape index (κ1) is 23.1. The SMILES string of the molecule is C=C/C(O)=C\c1c(N)ccc(=O)n1CCN1CCC(NCc2ccc(Cl)c(C)c2)CC1. The Bertz CT molecular complexity index is 1010. The van der Waals surface area contributed by atoms with Crippen molar-refractivity contribution in [1.29, 1.82) is 0 Å². The molecule has 6 nitrogen and oxygen atoms in total. The van der Waals surface area contributed by atoms with Crippen molar-refractivity contribution in [2.75, 3.05) is 25.4 Å². The van der Waals surface area contributed by atoms with E-state index in [2.05, 4.69) is 28.9 Å². The van der Waals surface area contributed by atoms with Crippen LogP contribution in [0, 0.1) is 6.92 Å². The lowest BCUT2D eigenvalue weighted by Gasteiger charge is -2.32. The average Bonchev–Trinajstić information content (AvgIpc) is 2.77. The van der Waals surface area contributed by atoms with E-state index in [9.17, 15) is 9.90 Å². The normalized spacial score (nSPS) is 15.9. The van der Waals surface area contributed by atoms with Crippen LogP contribution in [0.5, 0.6) is 0 Å². The van der Waals surface area contributed by atoms with Gasteiger partial charge in [-0.25, -0.2) is 0 Å². The molecule has 0 unspecified atom stereocenters. The van der Waals surface area contributed by atoms with Crippen molar-refractivity contribution in [3.8, 4) is 0 Å². The number of aryl methyl sites for hydroxylation is 1. The van der Waals surface area contributed by atoms with E-state index >= 15 is 0 Å². The molecule has 0 amide bonds. The lowest BCUT2D eigenvalue weighted by atomic mass is 10.0. The van der Waals surface area contributed by atoms with Crippen molar-refractivity contribution in [1.82, 2.24) is 14.8 Å². The van der Waals surface area contributed by atoms with Crippen molar-refractivity contribution in [3.05, 3.63) is 80.9 Å². The Morgan fingerprint density at radius 1 is 1.29 bits per heavy atom. The van der Waals surface area contributed by atoms with Gasteiger partial charge in [0.25, 0.3) is 5.56 Å². The van der Waals surface area contributed by atoms with Crippen molar-refractivity contribution in [2.45, 2.75) is 38.9 Å². The number of aromatic nitrogens is 1. The minimum absolute atomic E-state index is 0.0196. The van der Waals surface area contributed by atoms with Crippen LogP contribution in [0.2, 0.25) is 5.02 Å². The molecule has 1 aliphatic rings. The lowest BCUT2D eigenvalue weighted by Crippen LogP contribution is -2.43. The first-order valence-electron chi connectivity index (χ1n) is 10.6. The quantitative estimate of drug-likeness (QED) is 0.428. The number of hydrogen-bond donors (Lipinski definition) is 3. The number of nitrogens with one attached hydrogen (secondary N) is 1. The fraction of sp³-hybridized carbons (Fsp3) is 0.375. The molecule has 7 heteroatoms. The van der Waals surface area contributed by atoms with Crippen LogP contribution in [-0.4, -0.2) is 40.2 Å². The molecule has 1 saturated heterocycles. The van der Waals surface area contributed by atoms with E-state index in [-0.39, 0.29) is 11.3 Å². The van der Waals surface area contributed by atoms with E-state index in [1.54, 1.807) is 10.6 Å². The number of aliphatic hydroxyl groups is 1. The summed E-state index contributed by atoms with van der Waals surface area (Å²) in [6, 6.07) is 9.66. The molecule has 2 heterocycles. The van der Waals surface area contributed by atoms with Crippen LogP contribution in [0.25, 0.3) is 6.08 Å². The fourth-order valence-electron chi connectivity index (χ4n) is 3.88. The summed E-state index contributed by atoms with van der Waals surface area (Å²) in [5, 5.41) is 14.3. The van der Waals surface area contributed by atoms with Crippen molar-refractivity contribution < 1.29 is 5.11 Å². The third kappa shape index (κ3) is 6.23. The minimum Gasteiger partial charge on any atom is -0.508 e. The van der Waals surface area contributed by atoms with Crippen LogP contribution in [-0.2, 0) is 13.1 Å². The summed E-state index contributed by atoms with van der Waals surface area (Å²) in [6.45, 7) is 9.61. The first-order chi connectivity index (χ1) is 14.9. The van der Waals surface area contributed by atoms with Gasteiger partial charge in [0, 0.05) is 42.8 Å². The van der Waals surface area contributed by atoms with Gasteiger partial charge in [0.1, 0.15) is 5.76 Å². The van der Waals surface area contributed by atoms with Crippen molar-refractivity contribution in [3.63, 3.8) is 0 Å². The fourth-order valence-corrected chi connectivity index (χ4v) is 4.00. The molecule has 1 aromatic heterocycles. The van der Waals surface area contributed by atoms with Gasteiger partial charge in [-0.2, -0.15) is 0 Å². The number of pyridine rings is 1. The average molecular weight is 443 g/mol. The molecule has 0 saturated carbocycles. The van der Waals surface area contributed by atoms with E-state index in [0.29, 0.717) is 24.0 Å². The predicted molar refractivity (Wildman–Crippen MR) is 128 cm³/mol. The highest BCUT2D eigenvalue weighted by atomic mass is 35.5. The Balaban J connectivity index is 1.53. The molecule has 0 atom stereocenters. The predicted octanol–water partition coefficient (Wildman–Crippen LogP) is 3.73. The largest absolute Gasteiger partial charge is 0.508 e. The Kier molecular flexibility index (Phi) is 7.96. The number of nitrogens with zero attached hydrogens (tertiary/aromatic N) is 2. The van der Waals surface area contributed by atoms with Gasteiger partial charge in [0.2, 0.25) is 0 Å². The Morgan fingerprint density at radius 2 is 2.03 bits per heavy atom. The second kappa shape index (κ2) is 10.7. The molecule has 3 rings (SSSR count). The monoisotopic (exact) mass is 442 g/mol. The molecule has 1 aromatic carbocycles. The Morgan fingerprint density at radius 3 is 2.71 bits per heavy atom. The number of benzene rings is 1. The lowest BCUT2D eigenvalue weighted by molar-refractivity contribution is 0.190. The van der Waals surface area contributed by atoms with E-state index in [0.717, 1.165) is 49.6 Å². The summed E-state index contributed by atoms with van der Waals surface area (Å²) >= 11 is 6.11. The van der Waals surface area contributed by atoms with Gasteiger partial charge >= 0.3 is 0 Å². The maximum atomic E-state index is 12.4. The number of aliphatic hydroxyl groups excluding tert-OH is 1. The van der Waals surface area contributed by atoms with Gasteiger partial charge in [-0.1, -0.05) is 30.3 Å². The maximum Gasteiger partial charge on any atom is 0.251 e. The number of nitrogen functional groups attached to an aromatic ring is 1. The summed E-state index contributed by atoms with van der Waals surface area (Å²) in [5.41, 5.74) is 9.22. The van der Waals surface area contributed by atoms with Crippen molar-refractivity contribution in [2.24, 2.45) is 0 Å². The van der Waals surface area contributed by atoms with E-state index in [1.807, 2.05) is 13.0 Å². The third-order valence-corrected chi connectivity index (χ3v) is 6.22. The summed E-state index contributed by atoms with van der Waals surface area (Å²) in [5.74, 6) is -0.0196. The van der Waals surface area contributed by atoms with Crippen LogP contribution in [0.4, 0.5) is 5.69 Å². The van der Waals surface area contributed by atoms with Crippen LogP contribution in [0.3, 0.4) is 0 Å². The minimum atomic E-state index is -0.132.